The van der Waals surface area contributed by atoms with E-state index in [1.54, 1.807) is 0 Å². The van der Waals surface area contributed by atoms with Crippen LogP contribution in [-0.4, -0.2) is 18.9 Å². The summed E-state index contributed by atoms with van der Waals surface area (Å²) in [4.78, 5) is 12.5. The fourth-order valence-electron chi connectivity index (χ4n) is 1.15. The van der Waals surface area contributed by atoms with Crippen molar-refractivity contribution < 1.29 is 4.79 Å². The molecule has 0 aliphatic heterocycles. The van der Waals surface area contributed by atoms with Crippen LogP contribution in [0.25, 0.3) is 0 Å². The highest BCUT2D eigenvalue weighted by molar-refractivity contribution is 7.12. The normalized spacial score (nSPS) is 10.3. The Morgan fingerprint density at radius 1 is 1.62 bits per heavy atom. The Kier molecular flexibility index (Phi) is 4.12. The molecule has 0 fully saturated rings. The van der Waals surface area contributed by atoms with Gasteiger partial charge in [0, 0.05) is 13.0 Å². The highest BCUT2D eigenvalue weighted by atomic mass is 32.1. The minimum atomic E-state index is 0.258. The van der Waals surface area contributed by atoms with Crippen molar-refractivity contribution in [2.45, 2.75) is 20.3 Å². The quantitative estimate of drug-likeness (QED) is 0.579. The Balaban J connectivity index is 2.45. The third kappa shape index (κ3) is 2.94. The predicted molar refractivity (Wildman–Crippen MR) is 56.5 cm³/mol. The number of hydrogen-bond donors (Lipinski definition) is 1. The van der Waals surface area contributed by atoms with Gasteiger partial charge in [0.2, 0.25) is 0 Å². The van der Waals surface area contributed by atoms with Gasteiger partial charge in [-0.05, 0) is 30.5 Å². The van der Waals surface area contributed by atoms with Gasteiger partial charge in [0.15, 0.2) is 5.78 Å². The highest BCUT2D eigenvalue weighted by Crippen LogP contribution is 2.16. The maximum Gasteiger partial charge on any atom is 0.174 e. The first-order chi connectivity index (χ1) is 6.25. The highest BCUT2D eigenvalue weighted by Gasteiger charge is 2.08. The molecule has 0 amide bonds. The first kappa shape index (κ1) is 10.4. The maximum atomic E-state index is 11.6. The predicted octanol–water partition coefficient (Wildman–Crippen LogP) is 2.24. The van der Waals surface area contributed by atoms with E-state index in [1.807, 2.05) is 25.3 Å². The molecule has 0 aliphatic carbocycles. The minimum Gasteiger partial charge on any atom is -0.317 e. The van der Waals surface area contributed by atoms with Crippen LogP contribution in [0, 0.1) is 6.92 Å². The van der Waals surface area contributed by atoms with Gasteiger partial charge in [0.25, 0.3) is 0 Å². The summed E-state index contributed by atoms with van der Waals surface area (Å²) >= 11 is 1.54. The van der Waals surface area contributed by atoms with E-state index in [4.69, 9.17) is 0 Å². The Morgan fingerprint density at radius 2 is 2.38 bits per heavy atom. The maximum absolute atomic E-state index is 11.6. The van der Waals surface area contributed by atoms with Crippen molar-refractivity contribution in [2.24, 2.45) is 0 Å². The number of Topliss-reactive ketones (excluding diaryl/α,β-unsaturated/α-hetero) is 1. The molecule has 0 saturated carbocycles. The van der Waals surface area contributed by atoms with Crippen molar-refractivity contribution >= 4 is 17.1 Å². The lowest BCUT2D eigenvalue weighted by Crippen LogP contribution is -2.17. The van der Waals surface area contributed by atoms with E-state index in [0.29, 0.717) is 6.42 Å². The molecule has 0 radical (unpaired) electrons. The fourth-order valence-corrected chi connectivity index (χ4v) is 2.05. The Labute approximate surface area is 83.0 Å². The largest absolute Gasteiger partial charge is 0.317 e. The summed E-state index contributed by atoms with van der Waals surface area (Å²) in [5, 5.41) is 5.11. The molecule has 0 atom stereocenters. The Morgan fingerprint density at radius 3 is 2.92 bits per heavy atom. The molecule has 1 heterocycles. The van der Waals surface area contributed by atoms with Crippen LogP contribution in [0.3, 0.4) is 0 Å². The van der Waals surface area contributed by atoms with Crippen LogP contribution >= 0.6 is 11.3 Å². The van der Waals surface area contributed by atoms with Crippen molar-refractivity contribution in [1.82, 2.24) is 5.32 Å². The van der Waals surface area contributed by atoms with Crippen LogP contribution < -0.4 is 5.32 Å². The van der Waals surface area contributed by atoms with Gasteiger partial charge >= 0.3 is 0 Å². The van der Waals surface area contributed by atoms with E-state index < -0.39 is 0 Å². The van der Waals surface area contributed by atoms with Gasteiger partial charge in [0.1, 0.15) is 0 Å². The summed E-state index contributed by atoms with van der Waals surface area (Å²) in [6, 6.07) is 1.99. The van der Waals surface area contributed by atoms with Crippen LogP contribution in [0.1, 0.15) is 28.6 Å². The second-order valence-electron chi connectivity index (χ2n) is 2.96. The zero-order valence-corrected chi connectivity index (χ0v) is 8.91. The van der Waals surface area contributed by atoms with Crippen molar-refractivity contribution in [3.05, 3.63) is 21.9 Å². The Bertz CT molecular complexity index is 280. The van der Waals surface area contributed by atoms with Gasteiger partial charge < -0.3 is 5.32 Å². The van der Waals surface area contributed by atoms with Crippen molar-refractivity contribution in [1.29, 1.82) is 0 Å². The monoisotopic (exact) mass is 197 g/mol. The molecular formula is C10H15NOS. The first-order valence-corrected chi connectivity index (χ1v) is 5.41. The molecular weight excluding hydrogens is 182 g/mol. The van der Waals surface area contributed by atoms with Crippen LogP contribution in [0.4, 0.5) is 0 Å². The van der Waals surface area contributed by atoms with Crippen molar-refractivity contribution in [2.75, 3.05) is 13.1 Å². The first-order valence-electron chi connectivity index (χ1n) is 4.53. The SMILES string of the molecule is CCNCCC(=O)c1sccc1C. The van der Waals surface area contributed by atoms with Crippen molar-refractivity contribution in [3.63, 3.8) is 0 Å². The van der Waals surface area contributed by atoms with E-state index >= 15 is 0 Å². The number of rotatable bonds is 5. The second-order valence-corrected chi connectivity index (χ2v) is 3.88. The zero-order valence-electron chi connectivity index (χ0n) is 8.09. The lowest BCUT2D eigenvalue weighted by atomic mass is 10.2. The van der Waals surface area contributed by atoms with Crippen LogP contribution in [0.5, 0.6) is 0 Å². The van der Waals surface area contributed by atoms with Gasteiger partial charge in [0.05, 0.1) is 4.88 Å². The third-order valence-electron chi connectivity index (χ3n) is 1.89. The van der Waals surface area contributed by atoms with E-state index in [0.717, 1.165) is 23.5 Å². The smallest absolute Gasteiger partial charge is 0.174 e. The molecule has 0 spiro atoms. The number of hydrogen-bond acceptors (Lipinski definition) is 3. The van der Waals surface area contributed by atoms with Crippen molar-refractivity contribution in [3.8, 4) is 0 Å². The fraction of sp³-hybridized carbons (Fsp3) is 0.500. The molecule has 3 heteroatoms. The summed E-state index contributed by atoms with van der Waals surface area (Å²) in [6.45, 7) is 5.74. The third-order valence-corrected chi connectivity index (χ3v) is 2.95. The molecule has 0 saturated heterocycles. The summed E-state index contributed by atoms with van der Waals surface area (Å²) < 4.78 is 0. The molecule has 1 aromatic rings. The average Bonchev–Trinajstić information content (AvgIpc) is 2.52. The van der Waals surface area contributed by atoms with Gasteiger partial charge in [-0.25, -0.2) is 0 Å². The van der Waals surface area contributed by atoms with Gasteiger partial charge in [-0.3, -0.25) is 4.79 Å². The lowest BCUT2D eigenvalue weighted by Gasteiger charge is -2.00. The summed E-state index contributed by atoms with van der Waals surface area (Å²) in [5.41, 5.74) is 1.10. The summed E-state index contributed by atoms with van der Waals surface area (Å²) in [5.74, 6) is 0.258. The van der Waals surface area contributed by atoms with E-state index in [1.165, 1.54) is 11.3 Å². The minimum absolute atomic E-state index is 0.258. The average molecular weight is 197 g/mol. The molecule has 1 N–H and O–H groups in total. The molecule has 1 rings (SSSR count). The van der Waals surface area contributed by atoms with Gasteiger partial charge in [-0.1, -0.05) is 6.92 Å². The molecule has 0 bridgehead atoms. The second kappa shape index (κ2) is 5.14. The van der Waals surface area contributed by atoms with E-state index in [9.17, 15) is 4.79 Å². The number of carbonyl (C=O) groups excluding carboxylic acids is 1. The van der Waals surface area contributed by atoms with E-state index in [-0.39, 0.29) is 5.78 Å². The summed E-state index contributed by atoms with van der Waals surface area (Å²) in [6.07, 6.45) is 0.606. The molecule has 0 aliphatic rings. The number of ketones is 1. The van der Waals surface area contributed by atoms with Crippen LogP contribution in [0.15, 0.2) is 11.4 Å². The topological polar surface area (TPSA) is 29.1 Å². The number of nitrogens with one attached hydrogen (secondary N) is 1. The molecule has 0 aromatic carbocycles. The van der Waals surface area contributed by atoms with Crippen LogP contribution in [0.2, 0.25) is 0 Å². The molecule has 13 heavy (non-hydrogen) atoms. The van der Waals surface area contributed by atoms with Gasteiger partial charge in [-0.15, -0.1) is 11.3 Å². The lowest BCUT2D eigenvalue weighted by molar-refractivity contribution is 0.0986. The molecule has 1 aromatic heterocycles. The van der Waals surface area contributed by atoms with E-state index in [2.05, 4.69) is 5.32 Å². The standard InChI is InChI=1S/C10H15NOS/c1-3-11-6-4-9(12)10-8(2)5-7-13-10/h5,7,11H,3-4,6H2,1-2H3. The molecule has 2 nitrogen and oxygen atoms in total. The zero-order chi connectivity index (χ0) is 9.68. The number of thiophene rings is 1. The van der Waals surface area contributed by atoms with Crippen LogP contribution in [-0.2, 0) is 0 Å². The molecule has 0 unspecified atom stereocenters. The molecule has 72 valence electrons. The summed E-state index contributed by atoms with van der Waals surface area (Å²) in [7, 11) is 0. The Hall–Kier alpha value is -0.670. The van der Waals surface area contributed by atoms with Gasteiger partial charge in [-0.2, -0.15) is 0 Å². The number of aryl methyl sites for hydroxylation is 1. The number of carbonyl (C=O) groups is 1.